The molecule has 0 aliphatic carbocycles. The Morgan fingerprint density at radius 1 is 1.00 bits per heavy atom. The molecule has 0 aliphatic rings. The number of carbonyl (C=O) groups is 1. The van der Waals surface area contributed by atoms with Crippen LogP contribution in [0, 0.1) is 13.8 Å². The van der Waals surface area contributed by atoms with Gasteiger partial charge in [-0.3, -0.25) is 4.79 Å². The molecule has 0 saturated carbocycles. The van der Waals surface area contributed by atoms with Crippen LogP contribution in [0.3, 0.4) is 0 Å². The Morgan fingerprint density at radius 3 is 2.46 bits per heavy atom. The molecule has 1 heterocycles. The van der Waals surface area contributed by atoms with E-state index in [2.05, 4.69) is 31.3 Å². The number of nitrogens with one attached hydrogen (secondary N) is 1. The number of ether oxygens (including phenoxy) is 1. The SMILES string of the molecule is CCc1ccc(OCc2csc(C(=O)Nc3ccc(C)c(C)c3)c2)cc1. The summed E-state index contributed by atoms with van der Waals surface area (Å²) in [5.41, 5.74) is 5.49. The lowest BCUT2D eigenvalue weighted by Crippen LogP contribution is -2.10. The van der Waals surface area contributed by atoms with Crippen LogP contribution < -0.4 is 10.1 Å². The third-order valence-corrected chi connectivity index (χ3v) is 5.36. The molecule has 1 N–H and O–H groups in total. The molecular formula is C22H23NO2S. The van der Waals surface area contributed by atoms with Gasteiger partial charge < -0.3 is 10.1 Å². The number of amides is 1. The maximum atomic E-state index is 12.4. The van der Waals surface area contributed by atoms with E-state index in [4.69, 9.17) is 4.74 Å². The van der Waals surface area contributed by atoms with E-state index in [0.717, 1.165) is 29.0 Å². The van der Waals surface area contributed by atoms with Crippen LogP contribution >= 0.6 is 11.3 Å². The zero-order chi connectivity index (χ0) is 18.5. The van der Waals surface area contributed by atoms with E-state index >= 15 is 0 Å². The molecule has 0 atom stereocenters. The number of thiophene rings is 1. The van der Waals surface area contributed by atoms with Crippen molar-refractivity contribution >= 4 is 22.9 Å². The molecule has 134 valence electrons. The smallest absolute Gasteiger partial charge is 0.265 e. The van der Waals surface area contributed by atoms with E-state index in [0.29, 0.717) is 11.5 Å². The van der Waals surface area contributed by atoms with Crippen molar-refractivity contribution < 1.29 is 9.53 Å². The lowest BCUT2D eigenvalue weighted by atomic mass is 10.1. The first-order valence-corrected chi connectivity index (χ1v) is 9.61. The standard InChI is InChI=1S/C22H23NO2S/c1-4-17-6-9-20(10-7-17)25-13-18-12-21(26-14-18)22(24)23-19-8-5-15(2)16(3)11-19/h5-12,14H,4,13H2,1-3H3,(H,23,24). The summed E-state index contributed by atoms with van der Waals surface area (Å²) in [6.07, 6.45) is 1.02. The van der Waals surface area contributed by atoms with Gasteiger partial charge in [0.1, 0.15) is 12.4 Å². The molecule has 0 saturated heterocycles. The topological polar surface area (TPSA) is 38.3 Å². The number of benzene rings is 2. The summed E-state index contributed by atoms with van der Waals surface area (Å²) in [7, 11) is 0. The van der Waals surface area contributed by atoms with Crippen LogP contribution in [-0.2, 0) is 13.0 Å². The Balaban J connectivity index is 1.59. The van der Waals surface area contributed by atoms with Gasteiger partial charge in [-0.15, -0.1) is 11.3 Å². The largest absolute Gasteiger partial charge is 0.489 e. The van der Waals surface area contributed by atoms with Crippen LogP contribution in [0.4, 0.5) is 5.69 Å². The minimum Gasteiger partial charge on any atom is -0.489 e. The maximum absolute atomic E-state index is 12.4. The van der Waals surface area contributed by atoms with Crippen molar-refractivity contribution in [3.05, 3.63) is 81.0 Å². The minimum absolute atomic E-state index is 0.0863. The predicted octanol–water partition coefficient (Wildman–Crippen LogP) is 5.76. The molecule has 2 aromatic carbocycles. The zero-order valence-electron chi connectivity index (χ0n) is 15.3. The van der Waals surface area contributed by atoms with Crippen LogP contribution in [0.1, 0.15) is 38.8 Å². The molecule has 1 aromatic heterocycles. The van der Waals surface area contributed by atoms with E-state index in [1.807, 2.05) is 48.7 Å². The van der Waals surface area contributed by atoms with Crippen LogP contribution in [0.25, 0.3) is 0 Å². The van der Waals surface area contributed by atoms with Gasteiger partial charge in [0.15, 0.2) is 0 Å². The van der Waals surface area contributed by atoms with Crippen molar-refractivity contribution in [1.29, 1.82) is 0 Å². The van der Waals surface area contributed by atoms with Crippen molar-refractivity contribution in [1.82, 2.24) is 0 Å². The molecule has 1 amide bonds. The van der Waals surface area contributed by atoms with E-state index < -0.39 is 0 Å². The molecule has 3 nitrogen and oxygen atoms in total. The van der Waals surface area contributed by atoms with Crippen LogP contribution in [-0.4, -0.2) is 5.91 Å². The van der Waals surface area contributed by atoms with Gasteiger partial charge in [0.05, 0.1) is 4.88 Å². The fourth-order valence-corrected chi connectivity index (χ4v) is 3.36. The highest BCUT2D eigenvalue weighted by Crippen LogP contribution is 2.21. The van der Waals surface area contributed by atoms with Gasteiger partial charge in [-0.1, -0.05) is 25.1 Å². The van der Waals surface area contributed by atoms with Crippen LogP contribution in [0.5, 0.6) is 5.75 Å². The lowest BCUT2D eigenvalue weighted by molar-refractivity contribution is 0.103. The fraction of sp³-hybridized carbons (Fsp3) is 0.227. The highest BCUT2D eigenvalue weighted by molar-refractivity contribution is 7.12. The molecule has 0 bridgehead atoms. The van der Waals surface area contributed by atoms with Gasteiger partial charge in [0, 0.05) is 11.3 Å². The Hall–Kier alpha value is -2.59. The average Bonchev–Trinajstić information content (AvgIpc) is 3.13. The third-order valence-electron chi connectivity index (χ3n) is 4.38. The Kier molecular flexibility index (Phi) is 5.74. The van der Waals surface area contributed by atoms with E-state index in [1.54, 1.807) is 0 Å². The number of carbonyl (C=O) groups excluding carboxylic acids is 1. The van der Waals surface area contributed by atoms with Gasteiger partial charge in [-0.05, 0) is 72.7 Å². The van der Waals surface area contributed by atoms with Crippen LogP contribution in [0.2, 0.25) is 0 Å². The number of hydrogen-bond acceptors (Lipinski definition) is 3. The van der Waals surface area contributed by atoms with Crippen LogP contribution in [0.15, 0.2) is 53.9 Å². The molecule has 4 heteroatoms. The van der Waals surface area contributed by atoms with E-state index in [1.165, 1.54) is 22.5 Å². The second-order valence-corrected chi connectivity index (χ2v) is 7.27. The lowest BCUT2D eigenvalue weighted by Gasteiger charge is -2.06. The quantitative estimate of drug-likeness (QED) is 0.603. The summed E-state index contributed by atoms with van der Waals surface area (Å²) in [5.74, 6) is 0.756. The molecule has 0 radical (unpaired) electrons. The maximum Gasteiger partial charge on any atom is 0.265 e. The molecule has 3 aromatic rings. The summed E-state index contributed by atoms with van der Waals surface area (Å²) in [6, 6.07) is 15.9. The van der Waals surface area contributed by atoms with Crippen molar-refractivity contribution in [3.8, 4) is 5.75 Å². The molecule has 0 spiro atoms. The zero-order valence-corrected chi connectivity index (χ0v) is 16.2. The van der Waals surface area contributed by atoms with Gasteiger partial charge in [-0.25, -0.2) is 0 Å². The Bertz CT molecular complexity index is 897. The second kappa shape index (κ2) is 8.19. The third kappa shape index (κ3) is 4.52. The highest BCUT2D eigenvalue weighted by atomic mass is 32.1. The molecule has 0 unspecified atom stereocenters. The molecule has 3 rings (SSSR count). The summed E-state index contributed by atoms with van der Waals surface area (Å²) in [5, 5.41) is 4.92. The predicted molar refractivity (Wildman–Crippen MR) is 108 cm³/mol. The molecule has 26 heavy (non-hydrogen) atoms. The summed E-state index contributed by atoms with van der Waals surface area (Å²) in [4.78, 5) is 13.1. The first-order chi connectivity index (χ1) is 12.5. The summed E-state index contributed by atoms with van der Waals surface area (Å²) in [6.45, 7) is 6.69. The van der Waals surface area contributed by atoms with Gasteiger partial charge >= 0.3 is 0 Å². The number of rotatable bonds is 6. The van der Waals surface area contributed by atoms with Crippen molar-refractivity contribution in [3.63, 3.8) is 0 Å². The molecule has 0 aliphatic heterocycles. The second-order valence-electron chi connectivity index (χ2n) is 6.36. The summed E-state index contributed by atoms with van der Waals surface area (Å²) < 4.78 is 5.81. The molecule has 0 fully saturated rings. The number of hydrogen-bond donors (Lipinski definition) is 1. The minimum atomic E-state index is -0.0863. The Labute approximate surface area is 158 Å². The number of aryl methyl sites for hydroxylation is 3. The monoisotopic (exact) mass is 365 g/mol. The first-order valence-electron chi connectivity index (χ1n) is 8.73. The van der Waals surface area contributed by atoms with Crippen molar-refractivity contribution in [2.75, 3.05) is 5.32 Å². The highest BCUT2D eigenvalue weighted by Gasteiger charge is 2.10. The van der Waals surface area contributed by atoms with Gasteiger partial charge in [0.25, 0.3) is 5.91 Å². The Morgan fingerprint density at radius 2 is 1.77 bits per heavy atom. The summed E-state index contributed by atoms with van der Waals surface area (Å²) >= 11 is 1.43. The van der Waals surface area contributed by atoms with E-state index in [9.17, 15) is 4.79 Å². The van der Waals surface area contributed by atoms with Crippen molar-refractivity contribution in [2.24, 2.45) is 0 Å². The first kappa shape index (κ1) is 18.2. The average molecular weight is 365 g/mol. The normalized spacial score (nSPS) is 10.6. The molecular weight excluding hydrogens is 342 g/mol. The van der Waals surface area contributed by atoms with Gasteiger partial charge in [0.2, 0.25) is 0 Å². The fourth-order valence-electron chi connectivity index (χ4n) is 2.57. The van der Waals surface area contributed by atoms with E-state index in [-0.39, 0.29) is 5.91 Å². The number of anilines is 1. The van der Waals surface area contributed by atoms with Gasteiger partial charge in [-0.2, -0.15) is 0 Å². The van der Waals surface area contributed by atoms with Crippen molar-refractivity contribution in [2.45, 2.75) is 33.8 Å².